The number of hydrogen-bond donors (Lipinski definition) is 1. The van der Waals surface area contributed by atoms with E-state index in [2.05, 4.69) is 0 Å². The molecule has 0 saturated heterocycles. The number of hydrogen-bond acceptors (Lipinski definition) is 3. The lowest BCUT2D eigenvalue weighted by atomic mass is 10.1. The van der Waals surface area contributed by atoms with Crippen LogP contribution >= 0.6 is 0 Å². The van der Waals surface area contributed by atoms with E-state index in [0.29, 0.717) is 12.2 Å². The fourth-order valence-electron chi connectivity index (χ4n) is 2.25. The molecule has 1 unspecified atom stereocenters. The first-order chi connectivity index (χ1) is 10.0. The van der Waals surface area contributed by atoms with E-state index in [4.69, 9.17) is 10.5 Å². The van der Waals surface area contributed by atoms with E-state index >= 15 is 0 Å². The van der Waals surface area contributed by atoms with Gasteiger partial charge in [0.25, 0.3) is 0 Å². The van der Waals surface area contributed by atoms with Gasteiger partial charge in [0, 0.05) is 19.6 Å². The summed E-state index contributed by atoms with van der Waals surface area (Å²) in [5.41, 5.74) is 8.19. The van der Waals surface area contributed by atoms with Crippen molar-refractivity contribution < 1.29 is 9.13 Å². The summed E-state index contributed by atoms with van der Waals surface area (Å²) in [5, 5.41) is 0. The number of rotatable bonds is 5. The molecular formula is C17H21FN2O. The van der Waals surface area contributed by atoms with Crippen LogP contribution < -0.4 is 15.4 Å². The first-order valence-corrected chi connectivity index (χ1v) is 6.90. The molecular weight excluding hydrogens is 267 g/mol. The van der Waals surface area contributed by atoms with Crippen molar-refractivity contribution in [2.75, 3.05) is 19.1 Å². The highest BCUT2D eigenvalue weighted by Crippen LogP contribution is 2.24. The molecule has 21 heavy (non-hydrogen) atoms. The lowest BCUT2D eigenvalue weighted by Crippen LogP contribution is -2.18. The molecule has 0 heterocycles. The van der Waals surface area contributed by atoms with Gasteiger partial charge in [-0.2, -0.15) is 0 Å². The third-order valence-corrected chi connectivity index (χ3v) is 3.46. The summed E-state index contributed by atoms with van der Waals surface area (Å²) < 4.78 is 19.4. The minimum absolute atomic E-state index is 0.169. The molecule has 0 aliphatic heterocycles. The highest BCUT2D eigenvalue weighted by molar-refractivity contribution is 5.49. The lowest BCUT2D eigenvalue weighted by Gasteiger charge is -2.21. The minimum atomic E-state index is -0.254. The predicted molar refractivity (Wildman–Crippen MR) is 84.1 cm³/mol. The summed E-state index contributed by atoms with van der Waals surface area (Å²) in [6.07, 6.45) is 0. The third-order valence-electron chi connectivity index (χ3n) is 3.46. The van der Waals surface area contributed by atoms with E-state index < -0.39 is 0 Å². The van der Waals surface area contributed by atoms with Crippen LogP contribution in [0, 0.1) is 5.82 Å². The van der Waals surface area contributed by atoms with E-state index in [0.717, 1.165) is 16.9 Å². The second kappa shape index (κ2) is 6.59. The van der Waals surface area contributed by atoms with Gasteiger partial charge in [-0.15, -0.1) is 0 Å². The van der Waals surface area contributed by atoms with E-state index in [-0.39, 0.29) is 11.9 Å². The Kier molecular flexibility index (Phi) is 4.81. The van der Waals surface area contributed by atoms with Crippen molar-refractivity contribution in [2.45, 2.75) is 19.5 Å². The SMILES string of the molecule is COc1cccc(CN(C)c2ccc(C(C)N)cc2F)c1. The molecule has 3 nitrogen and oxygen atoms in total. The molecule has 0 fully saturated rings. The van der Waals surface area contributed by atoms with Crippen LogP contribution in [0.4, 0.5) is 10.1 Å². The molecule has 2 aromatic carbocycles. The smallest absolute Gasteiger partial charge is 0.146 e. The zero-order valence-electron chi connectivity index (χ0n) is 12.6. The molecule has 0 aliphatic rings. The number of nitrogens with zero attached hydrogens (tertiary/aromatic N) is 1. The maximum Gasteiger partial charge on any atom is 0.146 e. The summed E-state index contributed by atoms with van der Waals surface area (Å²) in [6.45, 7) is 2.44. The Labute approximate surface area is 125 Å². The molecule has 0 aliphatic carbocycles. The molecule has 2 aromatic rings. The fourth-order valence-corrected chi connectivity index (χ4v) is 2.25. The number of benzene rings is 2. The van der Waals surface area contributed by atoms with Gasteiger partial charge >= 0.3 is 0 Å². The van der Waals surface area contributed by atoms with E-state index in [1.807, 2.05) is 49.2 Å². The molecule has 0 saturated carbocycles. The van der Waals surface area contributed by atoms with Crippen molar-refractivity contribution in [3.8, 4) is 5.75 Å². The summed E-state index contributed by atoms with van der Waals surface area (Å²) in [4.78, 5) is 1.87. The van der Waals surface area contributed by atoms with Crippen molar-refractivity contribution in [3.05, 3.63) is 59.4 Å². The molecule has 2 N–H and O–H groups in total. The zero-order chi connectivity index (χ0) is 15.4. The topological polar surface area (TPSA) is 38.5 Å². The molecule has 1 atom stereocenters. The summed E-state index contributed by atoms with van der Waals surface area (Å²) in [5.74, 6) is 0.545. The molecule has 0 radical (unpaired) electrons. The average Bonchev–Trinajstić information content (AvgIpc) is 2.47. The predicted octanol–water partition coefficient (Wildman–Crippen LogP) is 3.49. The Bertz CT molecular complexity index is 613. The van der Waals surface area contributed by atoms with Gasteiger partial charge in [-0.1, -0.05) is 18.2 Å². The molecule has 4 heteroatoms. The van der Waals surface area contributed by atoms with Crippen molar-refractivity contribution in [1.29, 1.82) is 0 Å². The Morgan fingerprint density at radius 1 is 1.24 bits per heavy atom. The Morgan fingerprint density at radius 2 is 2.00 bits per heavy atom. The summed E-state index contributed by atoms with van der Waals surface area (Å²) >= 11 is 0. The van der Waals surface area contributed by atoms with Crippen molar-refractivity contribution >= 4 is 5.69 Å². The number of ether oxygens (including phenoxy) is 1. The van der Waals surface area contributed by atoms with Crippen LogP contribution in [-0.4, -0.2) is 14.2 Å². The van der Waals surface area contributed by atoms with Gasteiger partial charge in [0.05, 0.1) is 12.8 Å². The first-order valence-electron chi connectivity index (χ1n) is 6.90. The lowest BCUT2D eigenvalue weighted by molar-refractivity contribution is 0.414. The molecule has 2 rings (SSSR count). The maximum absolute atomic E-state index is 14.2. The van der Waals surface area contributed by atoms with Crippen LogP contribution in [0.15, 0.2) is 42.5 Å². The Balaban J connectivity index is 2.18. The second-order valence-electron chi connectivity index (χ2n) is 5.21. The summed E-state index contributed by atoms with van der Waals surface area (Å²) in [7, 11) is 3.50. The number of methoxy groups -OCH3 is 1. The van der Waals surface area contributed by atoms with Gasteiger partial charge < -0.3 is 15.4 Å². The third kappa shape index (κ3) is 3.73. The Morgan fingerprint density at radius 3 is 2.62 bits per heavy atom. The largest absolute Gasteiger partial charge is 0.497 e. The van der Waals surface area contributed by atoms with Crippen molar-refractivity contribution in [2.24, 2.45) is 5.73 Å². The first kappa shape index (κ1) is 15.3. The van der Waals surface area contributed by atoms with Crippen molar-refractivity contribution in [3.63, 3.8) is 0 Å². The quantitative estimate of drug-likeness (QED) is 0.915. The van der Waals surface area contributed by atoms with Crippen LogP contribution in [-0.2, 0) is 6.54 Å². The number of nitrogens with two attached hydrogens (primary N) is 1. The fraction of sp³-hybridized carbons (Fsp3) is 0.294. The van der Waals surface area contributed by atoms with Crippen LogP contribution in [0.2, 0.25) is 0 Å². The molecule has 0 amide bonds. The van der Waals surface area contributed by atoms with E-state index in [9.17, 15) is 4.39 Å². The monoisotopic (exact) mass is 288 g/mol. The minimum Gasteiger partial charge on any atom is -0.497 e. The number of anilines is 1. The van der Waals surface area contributed by atoms with E-state index in [1.165, 1.54) is 6.07 Å². The van der Waals surface area contributed by atoms with Crippen LogP contribution in [0.3, 0.4) is 0 Å². The van der Waals surface area contributed by atoms with Gasteiger partial charge in [-0.25, -0.2) is 4.39 Å². The standard InChI is InChI=1S/C17H21FN2O/c1-12(19)14-7-8-17(16(18)10-14)20(2)11-13-5-4-6-15(9-13)21-3/h4-10,12H,11,19H2,1-3H3. The van der Waals surface area contributed by atoms with Gasteiger partial charge in [0.2, 0.25) is 0 Å². The van der Waals surface area contributed by atoms with Gasteiger partial charge in [0.1, 0.15) is 11.6 Å². The molecule has 0 aromatic heterocycles. The molecule has 112 valence electrons. The highest BCUT2D eigenvalue weighted by Gasteiger charge is 2.10. The number of halogens is 1. The van der Waals surface area contributed by atoms with Gasteiger partial charge in [-0.05, 0) is 42.3 Å². The maximum atomic E-state index is 14.2. The second-order valence-corrected chi connectivity index (χ2v) is 5.21. The zero-order valence-corrected chi connectivity index (χ0v) is 12.6. The Hall–Kier alpha value is -2.07. The average molecular weight is 288 g/mol. The van der Waals surface area contributed by atoms with E-state index in [1.54, 1.807) is 13.2 Å². The highest BCUT2D eigenvalue weighted by atomic mass is 19.1. The summed E-state index contributed by atoms with van der Waals surface area (Å²) in [6, 6.07) is 12.7. The molecule has 0 spiro atoms. The van der Waals surface area contributed by atoms with Crippen LogP contribution in [0.5, 0.6) is 5.75 Å². The van der Waals surface area contributed by atoms with Crippen LogP contribution in [0.1, 0.15) is 24.1 Å². The van der Waals surface area contributed by atoms with Gasteiger partial charge in [0.15, 0.2) is 0 Å². The molecule has 0 bridgehead atoms. The normalized spacial score (nSPS) is 12.0. The van der Waals surface area contributed by atoms with Crippen molar-refractivity contribution in [1.82, 2.24) is 0 Å². The van der Waals surface area contributed by atoms with Crippen LogP contribution in [0.25, 0.3) is 0 Å². The van der Waals surface area contributed by atoms with Gasteiger partial charge in [-0.3, -0.25) is 0 Å².